The molecule has 174 valence electrons. The number of anilines is 1. The number of amides is 2. The summed E-state index contributed by atoms with van der Waals surface area (Å²) in [6.45, 7) is 1.77. The molecule has 34 heavy (non-hydrogen) atoms. The molecule has 3 aromatic carbocycles. The average molecular weight is 460 g/mol. The van der Waals surface area contributed by atoms with Crippen molar-refractivity contribution in [2.24, 2.45) is 0 Å². The quantitative estimate of drug-likeness (QED) is 0.422. The molecule has 0 saturated heterocycles. The fourth-order valence-electron chi connectivity index (χ4n) is 4.23. The van der Waals surface area contributed by atoms with Gasteiger partial charge in [0.15, 0.2) is 0 Å². The molecule has 3 aromatic rings. The number of fused-ring (bicyclic) bond motifs is 3. The van der Waals surface area contributed by atoms with Gasteiger partial charge in [-0.15, -0.1) is 0 Å². The molecule has 4 rings (SSSR count). The van der Waals surface area contributed by atoms with Gasteiger partial charge in [0.2, 0.25) is 5.91 Å². The van der Waals surface area contributed by atoms with Gasteiger partial charge in [0.05, 0.1) is 6.42 Å². The Bertz CT molecular complexity index is 1190. The van der Waals surface area contributed by atoms with Gasteiger partial charge in [-0.2, -0.15) is 0 Å². The van der Waals surface area contributed by atoms with E-state index in [1.165, 1.54) is 12.1 Å². The van der Waals surface area contributed by atoms with E-state index in [1.807, 2.05) is 48.5 Å². The summed E-state index contributed by atoms with van der Waals surface area (Å²) in [6, 6.07) is 18.9. The number of nitrogens with one attached hydrogen (secondary N) is 2. The highest BCUT2D eigenvalue weighted by Crippen LogP contribution is 2.44. The van der Waals surface area contributed by atoms with E-state index < -0.39 is 30.4 Å². The number of benzene rings is 3. The second kappa shape index (κ2) is 9.66. The van der Waals surface area contributed by atoms with Crippen LogP contribution in [0.1, 0.15) is 29.0 Å². The van der Waals surface area contributed by atoms with Gasteiger partial charge in [-0.3, -0.25) is 9.59 Å². The first-order chi connectivity index (χ1) is 16.3. The number of rotatable bonds is 7. The van der Waals surface area contributed by atoms with E-state index in [0.29, 0.717) is 5.56 Å². The Morgan fingerprint density at radius 2 is 1.59 bits per heavy atom. The Morgan fingerprint density at radius 3 is 2.18 bits per heavy atom. The molecule has 8 heteroatoms. The summed E-state index contributed by atoms with van der Waals surface area (Å²) in [5.41, 5.74) is 5.22. The number of aliphatic carboxylic acids is 1. The molecule has 0 bridgehead atoms. The Hall–Kier alpha value is -4.33. The van der Waals surface area contributed by atoms with E-state index in [2.05, 4.69) is 10.6 Å². The van der Waals surface area contributed by atoms with E-state index in [1.54, 1.807) is 13.0 Å². The molecule has 4 N–H and O–H groups in total. The molecule has 0 spiro atoms. The van der Waals surface area contributed by atoms with E-state index in [4.69, 9.17) is 4.74 Å². The van der Waals surface area contributed by atoms with Crippen LogP contribution in [-0.4, -0.2) is 40.8 Å². The van der Waals surface area contributed by atoms with Gasteiger partial charge in [0.1, 0.15) is 18.4 Å². The lowest BCUT2D eigenvalue weighted by Gasteiger charge is -2.19. The van der Waals surface area contributed by atoms with Gasteiger partial charge >= 0.3 is 12.1 Å². The number of hydrogen-bond acceptors (Lipinski definition) is 5. The van der Waals surface area contributed by atoms with Gasteiger partial charge in [0, 0.05) is 17.7 Å². The highest BCUT2D eigenvalue weighted by molar-refractivity contribution is 5.98. The summed E-state index contributed by atoms with van der Waals surface area (Å²) < 4.78 is 5.43. The summed E-state index contributed by atoms with van der Waals surface area (Å²) in [4.78, 5) is 36.5. The lowest BCUT2D eigenvalue weighted by Crippen LogP contribution is -2.45. The van der Waals surface area contributed by atoms with Gasteiger partial charge in [-0.1, -0.05) is 48.5 Å². The Balaban J connectivity index is 1.43. The molecular formula is C26H24N2O6. The average Bonchev–Trinajstić information content (AvgIpc) is 3.10. The third-order valence-corrected chi connectivity index (χ3v) is 5.66. The summed E-state index contributed by atoms with van der Waals surface area (Å²) in [5, 5.41) is 23.8. The van der Waals surface area contributed by atoms with Gasteiger partial charge in [-0.05, 0) is 46.9 Å². The number of phenolic OH excluding ortho intramolecular Hbond substituents is 1. The zero-order valence-electron chi connectivity index (χ0n) is 18.4. The van der Waals surface area contributed by atoms with E-state index in [0.717, 1.165) is 22.3 Å². The number of carbonyl (C=O) groups excluding carboxylic acids is 2. The van der Waals surface area contributed by atoms with Crippen molar-refractivity contribution >= 4 is 23.7 Å². The van der Waals surface area contributed by atoms with Crippen molar-refractivity contribution in [1.82, 2.24) is 5.32 Å². The van der Waals surface area contributed by atoms with E-state index in [-0.39, 0.29) is 24.0 Å². The highest BCUT2D eigenvalue weighted by atomic mass is 16.5. The van der Waals surface area contributed by atoms with Gasteiger partial charge < -0.3 is 25.6 Å². The molecule has 0 heterocycles. The van der Waals surface area contributed by atoms with Crippen molar-refractivity contribution in [1.29, 1.82) is 0 Å². The normalized spacial score (nSPS) is 12.9. The second-order valence-corrected chi connectivity index (χ2v) is 8.17. The van der Waals surface area contributed by atoms with Crippen LogP contribution in [0, 0.1) is 6.92 Å². The van der Waals surface area contributed by atoms with Crippen LogP contribution in [0.15, 0.2) is 66.7 Å². The van der Waals surface area contributed by atoms with Crippen LogP contribution in [0.5, 0.6) is 5.75 Å². The number of hydrogen-bond donors (Lipinski definition) is 4. The largest absolute Gasteiger partial charge is 0.508 e. The number of carboxylic acid groups (broad SMARTS) is 1. The Kier molecular flexibility index (Phi) is 6.49. The number of phenols is 1. The minimum absolute atomic E-state index is 0.0347. The van der Waals surface area contributed by atoms with E-state index >= 15 is 0 Å². The molecule has 0 aromatic heterocycles. The minimum Gasteiger partial charge on any atom is -0.508 e. The lowest BCUT2D eigenvalue weighted by molar-refractivity contribution is -0.139. The SMILES string of the molecule is Cc1cc(O)cc(NC(=O)C(CC(=O)O)NC(=O)OCC2c3ccccc3-c3ccccc32)c1. The number of aryl methyl sites for hydroxylation is 1. The van der Waals surface area contributed by atoms with Crippen molar-refractivity contribution in [3.63, 3.8) is 0 Å². The zero-order valence-corrected chi connectivity index (χ0v) is 18.4. The smallest absolute Gasteiger partial charge is 0.407 e. The fourth-order valence-corrected chi connectivity index (χ4v) is 4.23. The van der Waals surface area contributed by atoms with E-state index in [9.17, 15) is 24.6 Å². The molecule has 0 saturated carbocycles. The molecule has 8 nitrogen and oxygen atoms in total. The summed E-state index contributed by atoms with van der Waals surface area (Å²) >= 11 is 0. The Morgan fingerprint density at radius 1 is 0.971 bits per heavy atom. The third kappa shape index (κ3) is 5.01. The van der Waals surface area contributed by atoms with Crippen molar-refractivity contribution in [2.45, 2.75) is 25.3 Å². The maximum atomic E-state index is 12.7. The molecule has 1 aliphatic carbocycles. The predicted molar refractivity (Wildman–Crippen MR) is 126 cm³/mol. The maximum absolute atomic E-state index is 12.7. The minimum atomic E-state index is -1.36. The standard InChI is InChI=1S/C26H24N2O6/c1-15-10-16(12-17(29)11-15)27-25(32)23(13-24(30)31)28-26(33)34-14-22-20-8-4-2-6-18(20)19-7-3-5-9-21(19)22/h2-12,22-23,29H,13-14H2,1H3,(H,27,32)(H,28,33)(H,30,31). The molecule has 1 aliphatic rings. The van der Waals surface area contributed by atoms with Crippen molar-refractivity contribution in [3.05, 3.63) is 83.4 Å². The van der Waals surface area contributed by atoms with Gasteiger partial charge in [0.25, 0.3) is 0 Å². The van der Waals surface area contributed by atoms with Crippen LogP contribution in [0.4, 0.5) is 10.5 Å². The lowest BCUT2D eigenvalue weighted by atomic mass is 9.98. The van der Waals surface area contributed by atoms with Crippen LogP contribution in [-0.2, 0) is 14.3 Å². The number of aromatic hydroxyl groups is 1. The second-order valence-electron chi connectivity index (χ2n) is 8.17. The van der Waals surface area contributed by atoms with Crippen LogP contribution >= 0.6 is 0 Å². The van der Waals surface area contributed by atoms with Gasteiger partial charge in [-0.25, -0.2) is 4.79 Å². The molecule has 0 fully saturated rings. The number of alkyl carbamates (subject to hydrolysis) is 1. The zero-order chi connectivity index (χ0) is 24.2. The van der Waals surface area contributed by atoms with Crippen LogP contribution < -0.4 is 10.6 Å². The summed E-state index contributed by atoms with van der Waals surface area (Å²) in [7, 11) is 0. The monoisotopic (exact) mass is 460 g/mol. The van der Waals surface area contributed by atoms with Crippen molar-refractivity contribution < 1.29 is 29.3 Å². The fraction of sp³-hybridized carbons (Fsp3) is 0.192. The molecule has 1 unspecified atom stereocenters. The third-order valence-electron chi connectivity index (χ3n) is 5.66. The van der Waals surface area contributed by atoms with Crippen molar-refractivity contribution in [2.75, 3.05) is 11.9 Å². The Labute approximate surface area is 196 Å². The first-order valence-electron chi connectivity index (χ1n) is 10.8. The number of carboxylic acids is 1. The van der Waals surface area contributed by atoms with Crippen LogP contribution in [0.3, 0.4) is 0 Å². The molecule has 0 radical (unpaired) electrons. The number of carbonyl (C=O) groups is 3. The molecule has 0 aliphatic heterocycles. The first-order valence-corrected chi connectivity index (χ1v) is 10.8. The molecular weight excluding hydrogens is 436 g/mol. The van der Waals surface area contributed by atoms with Crippen molar-refractivity contribution in [3.8, 4) is 16.9 Å². The summed E-state index contributed by atoms with van der Waals surface area (Å²) in [5.74, 6) is -2.21. The highest BCUT2D eigenvalue weighted by Gasteiger charge is 2.30. The predicted octanol–water partition coefficient (Wildman–Crippen LogP) is 4.02. The number of ether oxygens (including phenoxy) is 1. The molecule has 1 atom stereocenters. The summed E-state index contributed by atoms with van der Waals surface area (Å²) in [6.07, 6.45) is -1.52. The maximum Gasteiger partial charge on any atom is 0.407 e. The molecule has 2 amide bonds. The van der Waals surface area contributed by atoms with Crippen LogP contribution in [0.25, 0.3) is 11.1 Å². The first kappa shape index (κ1) is 22.8. The van der Waals surface area contributed by atoms with Crippen LogP contribution in [0.2, 0.25) is 0 Å². The topological polar surface area (TPSA) is 125 Å².